The molecule has 0 spiro atoms. The molecule has 0 aliphatic heterocycles. The molecule has 1 aliphatic carbocycles. The summed E-state index contributed by atoms with van der Waals surface area (Å²) in [7, 11) is 1.60. The van der Waals surface area contributed by atoms with Crippen molar-refractivity contribution in [2.24, 2.45) is 7.05 Å². The smallest absolute Gasteiger partial charge is 0.282 e. The number of nitrogens with one attached hydrogen (secondary N) is 1. The molecule has 2 N–H and O–H groups in total. The molecule has 106 valence electrons. The second-order valence-electron chi connectivity index (χ2n) is 4.74. The van der Waals surface area contributed by atoms with E-state index >= 15 is 0 Å². The summed E-state index contributed by atoms with van der Waals surface area (Å²) in [6.45, 7) is 2.54. The van der Waals surface area contributed by atoms with Gasteiger partial charge in [0.15, 0.2) is 0 Å². The molecule has 5 nitrogen and oxygen atoms in total. The van der Waals surface area contributed by atoms with Gasteiger partial charge in [-0.2, -0.15) is 16.9 Å². The van der Waals surface area contributed by atoms with E-state index in [1.54, 1.807) is 25.0 Å². The third kappa shape index (κ3) is 2.98. The van der Waals surface area contributed by atoms with Gasteiger partial charge in [0.05, 0.1) is 17.5 Å². The Kier molecular flexibility index (Phi) is 4.58. The normalized spacial score (nSPS) is 26.0. The molecule has 1 fully saturated rings. The molecule has 2 rings (SSSR count). The maximum absolute atomic E-state index is 11.7. The summed E-state index contributed by atoms with van der Waals surface area (Å²) >= 11 is 5.05. The first-order valence-electron chi connectivity index (χ1n) is 6.27. The number of thioether (sulfide) groups is 1. The van der Waals surface area contributed by atoms with E-state index in [0.29, 0.717) is 16.7 Å². The molecule has 0 aromatic carbocycles. The number of aliphatic hydroxyl groups is 1. The zero-order chi connectivity index (χ0) is 14.0. The van der Waals surface area contributed by atoms with Crippen LogP contribution in [0.3, 0.4) is 0 Å². The molecule has 7 heteroatoms. The highest BCUT2D eigenvalue weighted by atomic mass is 79.9. The molecule has 0 saturated heterocycles. The minimum absolute atomic E-state index is 0.190. The van der Waals surface area contributed by atoms with Crippen molar-refractivity contribution in [1.82, 2.24) is 9.78 Å². The lowest BCUT2D eigenvalue weighted by Gasteiger charge is -2.45. The number of nitrogens with zero attached hydrogens (tertiary/aromatic N) is 2. The van der Waals surface area contributed by atoms with Crippen LogP contribution >= 0.6 is 27.7 Å². The van der Waals surface area contributed by atoms with Crippen LogP contribution < -0.4 is 10.9 Å². The van der Waals surface area contributed by atoms with Crippen LogP contribution in [0.4, 0.5) is 5.69 Å². The van der Waals surface area contributed by atoms with Crippen LogP contribution in [0.25, 0.3) is 0 Å². The Morgan fingerprint density at radius 3 is 3.05 bits per heavy atom. The predicted molar refractivity (Wildman–Crippen MR) is 81.8 cm³/mol. The maximum atomic E-state index is 11.7. The van der Waals surface area contributed by atoms with Gasteiger partial charge in [0.1, 0.15) is 4.47 Å². The van der Waals surface area contributed by atoms with Crippen LogP contribution in [-0.4, -0.2) is 38.0 Å². The molecular weight excluding hydrogens is 330 g/mol. The Morgan fingerprint density at radius 2 is 2.47 bits per heavy atom. The largest absolute Gasteiger partial charge is 0.387 e. The second-order valence-corrected chi connectivity index (χ2v) is 7.01. The first kappa shape index (κ1) is 14.9. The van der Waals surface area contributed by atoms with Crippen molar-refractivity contribution in [3.63, 3.8) is 0 Å². The Morgan fingerprint density at radius 1 is 1.74 bits per heavy atom. The second kappa shape index (κ2) is 5.85. The fourth-order valence-electron chi connectivity index (χ4n) is 2.12. The molecule has 1 aromatic rings. The Labute approximate surface area is 124 Å². The van der Waals surface area contributed by atoms with E-state index in [0.717, 1.165) is 18.6 Å². The van der Waals surface area contributed by atoms with Gasteiger partial charge in [0, 0.05) is 18.8 Å². The van der Waals surface area contributed by atoms with Gasteiger partial charge in [-0.3, -0.25) is 4.79 Å². The van der Waals surface area contributed by atoms with E-state index < -0.39 is 5.60 Å². The fourth-order valence-corrected chi connectivity index (χ4v) is 3.82. The topological polar surface area (TPSA) is 67.2 Å². The standard InChI is InChI=1S/C12H18BrN3O2S/c1-3-19-9-4-5-12(9,18)7-14-8-6-15-16(2)11(17)10(8)13/h6,9,14,18H,3-5,7H2,1-2H3/t9-,12-/m0/s1. The lowest BCUT2D eigenvalue weighted by molar-refractivity contribution is -0.0120. The van der Waals surface area contributed by atoms with E-state index in [2.05, 4.69) is 33.3 Å². The molecule has 2 atom stereocenters. The summed E-state index contributed by atoms with van der Waals surface area (Å²) < 4.78 is 1.72. The number of hydrogen-bond donors (Lipinski definition) is 2. The number of aromatic nitrogens is 2. The van der Waals surface area contributed by atoms with Crippen LogP contribution in [-0.2, 0) is 7.05 Å². The van der Waals surface area contributed by atoms with Gasteiger partial charge in [-0.15, -0.1) is 0 Å². The fraction of sp³-hybridized carbons (Fsp3) is 0.667. The monoisotopic (exact) mass is 347 g/mol. The number of aryl methyl sites for hydroxylation is 1. The molecule has 1 saturated carbocycles. The Hall–Kier alpha value is -0.530. The van der Waals surface area contributed by atoms with Gasteiger partial charge in [-0.05, 0) is 34.5 Å². The van der Waals surface area contributed by atoms with Crippen molar-refractivity contribution in [2.75, 3.05) is 17.6 Å². The molecular formula is C12H18BrN3O2S. The van der Waals surface area contributed by atoms with Crippen molar-refractivity contribution in [2.45, 2.75) is 30.6 Å². The first-order valence-corrected chi connectivity index (χ1v) is 8.12. The third-order valence-corrected chi connectivity index (χ3v) is 5.65. The van der Waals surface area contributed by atoms with Crippen molar-refractivity contribution in [1.29, 1.82) is 0 Å². The van der Waals surface area contributed by atoms with Crippen LogP contribution in [0.1, 0.15) is 19.8 Å². The first-order chi connectivity index (χ1) is 8.98. The highest BCUT2D eigenvalue weighted by Crippen LogP contribution is 2.41. The van der Waals surface area contributed by atoms with Gasteiger partial charge in [0.25, 0.3) is 5.56 Å². The number of hydrogen-bond acceptors (Lipinski definition) is 5. The van der Waals surface area contributed by atoms with Gasteiger partial charge in [0.2, 0.25) is 0 Å². The highest BCUT2D eigenvalue weighted by Gasteiger charge is 2.45. The molecule has 0 amide bonds. The lowest BCUT2D eigenvalue weighted by Crippen LogP contribution is -2.54. The van der Waals surface area contributed by atoms with E-state index in [1.165, 1.54) is 4.68 Å². The van der Waals surface area contributed by atoms with Crippen LogP contribution in [0, 0.1) is 0 Å². The SMILES string of the molecule is CCS[C@H]1CC[C@]1(O)CNc1cnn(C)c(=O)c1Br. The quantitative estimate of drug-likeness (QED) is 0.846. The molecule has 1 heterocycles. The number of rotatable bonds is 5. The molecule has 0 radical (unpaired) electrons. The van der Waals surface area contributed by atoms with Crippen molar-refractivity contribution < 1.29 is 5.11 Å². The van der Waals surface area contributed by atoms with E-state index in [1.807, 2.05) is 0 Å². The van der Waals surface area contributed by atoms with Gasteiger partial charge in [-0.1, -0.05) is 6.92 Å². The molecule has 0 bridgehead atoms. The summed E-state index contributed by atoms with van der Waals surface area (Å²) in [4.78, 5) is 11.7. The Balaban J connectivity index is 2.03. The van der Waals surface area contributed by atoms with E-state index in [4.69, 9.17) is 0 Å². The van der Waals surface area contributed by atoms with Crippen molar-refractivity contribution in [3.8, 4) is 0 Å². The summed E-state index contributed by atoms with van der Waals surface area (Å²) in [6, 6.07) is 0. The van der Waals surface area contributed by atoms with Crippen molar-refractivity contribution >= 4 is 33.4 Å². The summed E-state index contributed by atoms with van der Waals surface area (Å²) in [5.41, 5.74) is -0.241. The summed E-state index contributed by atoms with van der Waals surface area (Å²) in [5.74, 6) is 1.00. The molecule has 1 aliphatic rings. The van der Waals surface area contributed by atoms with Crippen LogP contribution in [0.2, 0.25) is 0 Å². The van der Waals surface area contributed by atoms with Gasteiger partial charge in [-0.25, -0.2) is 4.68 Å². The van der Waals surface area contributed by atoms with E-state index in [-0.39, 0.29) is 10.8 Å². The predicted octanol–water partition coefficient (Wildman–Crippen LogP) is 1.60. The van der Waals surface area contributed by atoms with Gasteiger partial charge >= 0.3 is 0 Å². The Bertz CT molecular complexity index is 522. The third-order valence-electron chi connectivity index (χ3n) is 3.47. The zero-order valence-electron chi connectivity index (χ0n) is 11.0. The minimum atomic E-state index is -0.679. The number of halogens is 1. The summed E-state index contributed by atoms with van der Waals surface area (Å²) in [5, 5.41) is 17.8. The molecule has 0 unspecified atom stereocenters. The van der Waals surface area contributed by atoms with Crippen LogP contribution in [0.5, 0.6) is 0 Å². The minimum Gasteiger partial charge on any atom is -0.387 e. The average molecular weight is 348 g/mol. The zero-order valence-corrected chi connectivity index (χ0v) is 13.4. The average Bonchev–Trinajstić information content (AvgIpc) is 2.40. The van der Waals surface area contributed by atoms with Crippen LogP contribution in [0.15, 0.2) is 15.5 Å². The summed E-state index contributed by atoms with van der Waals surface area (Å²) in [6.07, 6.45) is 3.44. The molecule has 1 aromatic heterocycles. The van der Waals surface area contributed by atoms with Crippen molar-refractivity contribution in [3.05, 3.63) is 21.0 Å². The van der Waals surface area contributed by atoms with E-state index in [9.17, 15) is 9.90 Å². The number of anilines is 1. The lowest BCUT2D eigenvalue weighted by atomic mass is 9.79. The molecule has 19 heavy (non-hydrogen) atoms. The van der Waals surface area contributed by atoms with Gasteiger partial charge < -0.3 is 10.4 Å². The maximum Gasteiger partial charge on any atom is 0.282 e. The highest BCUT2D eigenvalue weighted by molar-refractivity contribution is 9.10.